The van der Waals surface area contributed by atoms with E-state index in [1.165, 1.54) is 28.8 Å². The number of fused-ring (bicyclic) bond motifs is 1. The normalized spacial score (nSPS) is 22.8. The lowest BCUT2D eigenvalue weighted by Gasteiger charge is -2.33. The van der Waals surface area contributed by atoms with E-state index in [-0.39, 0.29) is 23.3 Å². The van der Waals surface area contributed by atoms with Crippen molar-refractivity contribution >= 4 is 28.8 Å². The van der Waals surface area contributed by atoms with Crippen LogP contribution in [0.2, 0.25) is 0 Å². The molecule has 2 aliphatic rings. The summed E-state index contributed by atoms with van der Waals surface area (Å²) < 4.78 is 19.0. The van der Waals surface area contributed by atoms with Gasteiger partial charge in [0, 0.05) is 0 Å². The molecule has 7 heteroatoms. The van der Waals surface area contributed by atoms with E-state index in [0.717, 1.165) is 0 Å². The summed E-state index contributed by atoms with van der Waals surface area (Å²) in [5.74, 6) is -1.07. The lowest BCUT2D eigenvalue weighted by Crippen LogP contribution is -2.40. The standard InChI is InChI=1S/C18H19FN2O3S/c1-4-13-16(22)21-15(11-7-6-8-12(19)9-11)14(17(23)24-5-2)10(3)20-18(21)25-13/h6-9,13,15H,4-5H2,1-3H3/t13-,15+/m1/s1. The predicted molar refractivity (Wildman–Crippen MR) is 94.4 cm³/mol. The van der Waals surface area contributed by atoms with Gasteiger partial charge in [-0.3, -0.25) is 9.69 Å². The van der Waals surface area contributed by atoms with Crippen molar-refractivity contribution in [3.63, 3.8) is 0 Å². The van der Waals surface area contributed by atoms with Crippen LogP contribution in [0.3, 0.4) is 0 Å². The van der Waals surface area contributed by atoms with Gasteiger partial charge in [-0.15, -0.1) is 0 Å². The molecule has 0 unspecified atom stereocenters. The Bertz CT molecular complexity index is 790. The molecule has 5 nitrogen and oxygen atoms in total. The molecule has 0 radical (unpaired) electrons. The number of allylic oxidation sites excluding steroid dienone is 1. The number of halogens is 1. The van der Waals surface area contributed by atoms with Crippen LogP contribution in [0.5, 0.6) is 0 Å². The zero-order valence-corrected chi connectivity index (χ0v) is 15.1. The second-order valence-corrected chi connectivity index (χ2v) is 6.96. The highest BCUT2D eigenvalue weighted by Crippen LogP contribution is 2.44. The zero-order chi connectivity index (χ0) is 18.1. The summed E-state index contributed by atoms with van der Waals surface area (Å²) in [6.07, 6.45) is 0.655. The Morgan fingerprint density at radius 2 is 2.16 bits per heavy atom. The first-order valence-corrected chi connectivity index (χ1v) is 9.07. The molecule has 1 fully saturated rings. The summed E-state index contributed by atoms with van der Waals surface area (Å²) in [6.45, 7) is 5.57. The number of amides is 1. The van der Waals surface area contributed by atoms with Crippen molar-refractivity contribution in [1.82, 2.24) is 4.90 Å². The Morgan fingerprint density at radius 1 is 1.40 bits per heavy atom. The van der Waals surface area contributed by atoms with E-state index in [1.807, 2.05) is 6.92 Å². The maximum atomic E-state index is 13.8. The Labute approximate surface area is 149 Å². The first-order chi connectivity index (χ1) is 12.0. The molecule has 2 aliphatic heterocycles. The van der Waals surface area contributed by atoms with Crippen molar-refractivity contribution in [2.24, 2.45) is 4.99 Å². The fraction of sp³-hybridized carbons (Fsp3) is 0.389. The van der Waals surface area contributed by atoms with Crippen LogP contribution in [0.25, 0.3) is 0 Å². The number of carbonyl (C=O) groups is 2. The second kappa shape index (κ2) is 7.00. The average molecular weight is 362 g/mol. The van der Waals surface area contributed by atoms with Gasteiger partial charge in [0.05, 0.1) is 29.2 Å². The lowest BCUT2D eigenvalue weighted by molar-refractivity contribution is -0.139. The van der Waals surface area contributed by atoms with Crippen LogP contribution in [0.4, 0.5) is 4.39 Å². The second-order valence-electron chi connectivity index (χ2n) is 5.79. The van der Waals surface area contributed by atoms with Gasteiger partial charge in [-0.1, -0.05) is 30.8 Å². The van der Waals surface area contributed by atoms with Crippen molar-refractivity contribution in [2.45, 2.75) is 38.5 Å². The number of aliphatic imine (C=N–C) groups is 1. The number of hydrogen-bond acceptors (Lipinski definition) is 5. The average Bonchev–Trinajstić information content (AvgIpc) is 2.89. The maximum absolute atomic E-state index is 13.8. The van der Waals surface area contributed by atoms with Gasteiger partial charge in [0.25, 0.3) is 0 Å². The van der Waals surface area contributed by atoms with Crippen molar-refractivity contribution in [3.8, 4) is 0 Å². The highest BCUT2D eigenvalue weighted by Gasteiger charge is 2.47. The van der Waals surface area contributed by atoms with E-state index >= 15 is 0 Å². The fourth-order valence-corrected chi connectivity index (χ4v) is 4.19. The molecule has 1 saturated heterocycles. The summed E-state index contributed by atoms with van der Waals surface area (Å²) in [5.41, 5.74) is 1.30. The van der Waals surface area contributed by atoms with Crippen molar-refractivity contribution in [1.29, 1.82) is 0 Å². The number of nitrogens with zero attached hydrogens (tertiary/aromatic N) is 2. The quantitative estimate of drug-likeness (QED) is 0.770. The van der Waals surface area contributed by atoms with E-state index in [9.17, 15) is 14.0 Å². The molecule has 1 amide bonds. The summed E-state index contributed by atoms with van der Waals surface area (Å²) in [7, 11) is 0. The summed E-state index contributed by atoms with van der Waals surface area (Å²) in [6, 6.07) is 5.23. The molecule has 0 N–H and O–H groups in total. The van der Waals surface area contributed by atoms with Gasteiger partial charge in [-0.05, 0) is 38.0 Å². The largest absolute Gasteiger partial charge is 0.463 e. The number of thioether (sulfide) groups is 1. The number of esters is 1. The highest BCUT2D eigenvalue weighted by atomic mass is 32.2. The third kappa shape index (κ3) is 3.08. The molecule has 0 saturated carbocycles. The SMILES string of the molecule is CCOC(=O)C1=C(C)N=C2S[C@H](CC)C(=O)N2[C@H]1c1cccc(F)c1. The van der Waals surface area contributed by atoms with E-state index in [1.54, 1.807) is 26.0 Å². The van der Waals surface area contributed by atoms with Crippen LogP contribution in [0.15, 0.2) is 40.5 Å². The first kappa shape index (κ1) is 17.7. The number of amidine groups is 1. The molecule has 0 bridgehead atoms. The van der Waals surface area contributed by atoms with E-state index in [0.29, 0.717) is 22.8 Å². The molecule has 0 aliphatic carbocycles. The number of ether oxygens (including phenoxy) is 1. The number of hydrogen-bond donors (Lipinski definition) is 0. The Hall–Kier alpha value is -2.15. The molecule has 25 heavy (non-hydrogen) atoms. The molecule has 0 spiro atoms. The molecule has 0 aromatic heterocycles. The smallest absolute Gasteiger partial charge is 0.338 e. The molecule has 3 rings (SSSR count). The third-order valence-corrected chi connectivity index (χ3v) is 5.50. The molecule has 132 valence electrons. The zero-order valence-electron chi connectivity index (χ0n) is 14.3. The summed E-state index contributed by atoms with van der Waals surface area (Å²) in [4.78, 5) is 31.3. The van der Waals surface area contributed by atoms with E-state index in [2.05, 4.69) is 4.99 Å². The van der Waals surface area contributed by atoms with Gasteiger partial charge >= 0.3 is 5.97 Å². The van der Waals surface area contributed by atoms with Gasteiger partial charge < -0.3 is 4.74 Å². The predicted octanol–water partition coefficient (Wildman–Crippen LogP) is 3.43. The van der Waals surface area contributed by atoms with Gasteiger partial charge in [0.1, 0.15) is 5.82 Å². The molecule has 1 aromatic carbocycles. The molecule has 2 heterocycles. The lowest BCUT2D eigenvalue weighted by atomic mass is 9.94. The van der Waals surface area contributed by atoms with Crippen LogP contribution in [-0.2, 0) is 14.3 Å². The van der Waals surface area contributed by atoms with Gasteiger partial charge in [-0.2, -0.15) is 0 Å². The number of rotatable bonds is 4. The molecule has 2 atom stereocenters. The minimum absolute atomic E-state index is 0.116. The monoisotopic (exact) mass is 362 g/mol. The summed E-state index contributed by atoms with van der Waals surface area (Å²) >= 11 is 1.38. The minimum atomic E-state index is -0.723. The Balaban J connectivity index is 2.15. The highest BCUT2D eigenvalue weighted by molar-refractivity contribution is 8.15. The topological polar surface area (TPSA) is 59.0 Å². The van der Waals surface area contributed by atoms with Gasteiger partial charge in [0.15, 0.2) is 5.17 Å². The number of benzene rings is 1. The van der Waals surface area contributed by atoms with Gasteiger partial charge in [-0.25, -0.2) is 14.2 Å². The number of carbonyl (C=O) groups excluding carboxylic acids is 2. The molecular formula is C18H19FN2O3S. The van der Waals surface area contributed by atoms with E-state index < -0.39 is 17.8 Å². The first-order valence-electron chi connectivity index (χ1n) is 8.19. The van der Waals surface area contributed by atoms with Crippen molar-refractivity contribution in [2.75, 3.05) is 6.61 Å². The maximum Gasteiger partial charge on any atom is 0.338 e. The van der Waals surface area contributed by atoms with Crippen LogP contribution in [-0.4, -0.2) is 33.8 Å². The third-order valence-electron chi connectivity index (χ3n) is 4.18. The van der Waals surface area contributed by atoms with Crippen molar-refractivity contribution in [3.05, 3.63) is 46.9 Å². The van der Waals surface area contributed by atoms with E-state index in [4.69, 9.17) is 4.74 Å². The van der Waals surface area contributed by atoms with Crippen LogP contribution < -0.4 is 0 Å². The van der Waals surface area contributed by atoms with Crippen molar-refractivity contribution < 1.29 is 18.7 Å². The molecule has 1 aromatic rings. The minimum Gasteiger partial charge on any atom is -0.463 e. The van der Waals surface area contributed by atoms with Crippen LogP contribution >= 0.6 is 11.8 Å². The van der Waals surface area contributed by atoms with Crippen LogP contribution in [0, 0.1) is 5.82 Å². The Morgan fingerprint density at radius 3 is 2.80 bits per heavy atom. The van der Waals surface area contributed by atoms with Crippen LogP contribution in [0.1, 0.15) is 38.8 Å². The van der Waals surface area contributed by atoms with Gasteiger partial charge in [0.2, 0.25) is 5.91 Å². The Kier molecular flexibility index (Phi) is 4.94. The summed E-state index contributed by atoms with van der Waals surface area (Å²) in [5, 5.41) is 0.306. The molecular weight excluding hydrogens is 343 g/mol. The fourth-order valence-electron chi connectivity index (χ4n) is 3.05.